The number of fused-ring (bicyclic) bond motifs is 1. The van der Waals surface area contributed by atoms with Crippen molar-refractivity contribution in [3.63, 3.8) is 0 Å². The van der Waals surface area contributed by atoms with Gasteiger partial charge in [0.1, 0.15) is 0 Å². The zero-order valence-corrected chi connectivity index (χ0v) is 19.8. The molecule has 2 heterocycles. The average molecular weight is 478 g/mol. The number of thioether (sulfide) groups is 1. The molecular formula is C25H24ClN5OS. The van der Waals surface area contributed by atoms with Crippen molar-refractivity contribution in [2.24, 2.45) is 0 Å². The van der Waals surface area contributed by atoms with Gasteiger partial charge in [0, 0.05) is 23.2 Å². The van der Waals surface area contributed by atoms with Gasteiger partial charge in [0.2, 0.25) is 5.91 Å². The highest BCUT2D eigenvalue weighted by Gasteiger charge is 2.28. The average Bonchev–Trinajstić information content (AvgIpc) is 3.49. The number of nitrogens with one attached hydrogen (secondary N) is 1. The van der Waals surface area contributed by atoms with Crippen molar-refractivity contribution in [2.75, 3.05) is 5.32 Å². The van der Waals surface area contributed by atoms with Crippen LogP contribution in [0.3, 0.4) is 0 Å². The summed E-state index contributed by atoms with van der Waals surface area (Å²) >= 11 is 7.91. The Balaban J connectivity index is 1.41. The number of nitrogens with zero attached hydrogens (tertiary/aromatic N) is 4. The Labute approximate surface area is 201 Å². The van der Waals surface area contributed by atoms with Crippen LogP contribution in [-0.4, -0.2) is 30.9 Å². The number of amides is 1. The molecule has 0 saturated heterocycles. The summed E-state index contributed by atoms with van der Waals surface area (Å²) in [5, 5.41) is 14.0. The lowest BCUT2D eigenvalue weighted by molar-refractivity contribution is -0.115. The highest BCUT2D eigenvalue weighted by Crippen LogP contribution is 2.39. The summed E-state index contributed by atoms with van der Waals surface area (Å²) < 4.78 is 2.19. The van der Waals surface area contributed by atoms with Crippen molar-refractivity contribution in [2.45, 2.75) is 49.1 Å². The van der Waals surface area contributed by atoms with Gasteiger partial charge in [-0.2, -0.15) is 0 Å². The second kappa shape index (κ2) is 9.53. The molecule has 0 radical (unpaired) electrons. The van der Waals surface area contributed by atoms with Gasteiger partial charge in [0.15, 0.2) is 11.0 Å². The molecule has 1 aliphatic rings. The van der Waals surface area contributed by atoms with Gasteiger partial charge >= 0.3 is 0 Å². The van der Waals surface area contributed by atoms with E-state index in [1.165, 1.54) is 24.6 Å². The van der Waals surface area contributed by atoms with Crippen LogP contribution in [0, 0.1) is 0 Å². The number of carbonyl (C=O) groups excluding carboxylic acids is 1. The molecule has 5 rings (SSSR count). The predicted molar refractivity (Wildman–Crippen MR) is 134 cm³/mol. The number of benzene rings is 2. The topological polar surface area (TPSA) is 72.7 Å². The summed E-state index contributed by atoms with van der Waals surface area (Å²) in [6.07, 6.45) is 6.26. The fourth-order valence-electron chi connectivity index (χ4n) is 4.33. The van der Waals surface area contributed by atoms with Crippen molar-refractivity contribution < 1.29 is 4.79 Å². The Morgan fingerprint density at radius 2 is 1.91 bits per heavy atom. The lowest BCUT2D eigenvalue weighted by Crippen LogP contribution is -2.23. The number of rotatable bonds is 6. The van der Waals surface area contributed by atoms with Gasteiger partial charge in [0.05, 0.1) is 21.5 Å². The first-order chi connectivity index (χ1) is 16.1. The number of halogens is 1. The number of carbonyl (C=O) groups is 1. The minimum atomic E-state index is -0.361. The van der Waals surface area contributed by atoms with E-state index in [1.807, 2.05) is 61.5 Å². The minimum absolute atomic E-state index is 0.0865. The summed E-state index contributed by atoms with van der Waals surface area (Å²) in [5.41, 5.74) is 2.47. The van der Waals surface area contributed by atoms with Crippen LogP contribution < -0.4 is 5.32 Å². The third kappa shape index (κ3) is 4.48. The molecule has 1 aliphatic carbocycles. The standard InChI is InChI=1S/C25H24ClN5OS/c1-16(24(32)28-22-14-6-13-21-19(22)11-7-15-27-21)33-25-30-29-23(18-10-4-5-12-20(18)26)31(25)17-8-2-3-9-17/h4-7,10-17H,2-3,8-9H2,1H3,(H,28,32). The van der Waals surface area contributed by atoms with E-state index in [0.717, 1.165) is 46.0 Å². The summed E-state index contributed by atoms with van der Waals surface area (Å²) in [5.74, 6) is 0.680. The smallest absolute Gasteiger partial charge is 0.237 e. The SMILES string of the molecule is CC(Sc1nnc(-c2ccccc2Cl)n1C1CCCC1)C(=O)Nc1cccc2ncccc12. The molecule has 168 valence electrons. The van der Waals surface area contributed by atoms with Crippen molar-refractivity contribution in [3.05, 3.63) is 65.8 Å². The second-order valence-electron chi connectivity index (χ2n) is 8.22. The molecule has 0 spiro atoms. The van der Waals surface area contributed by atoms with Gasteiger partial charge in [-0.05, 0) is 56.2 Å². The molecule has 6 nitrogen and oxygen atoms in total. The Morgan fingerprint density at radius 3 is 2.73 bits per heavy atom. The van der Waals surface area contributed by atoms with Crippen molar-refractivity contribution in [3.8, 4) is 11.4 Å². The largest absolute Gasteiger partial charge is 0.324 e. The van der Waals surface area contributed by atoms with Crippen LogP contribution in [-0.2, 0) is 4.79 Å². The van der Waals surface area contributed by atoms with Crippen LogP contribution in [0.5, 0.6) is 0 Å². The van der Waals surface area contributed by atoms with E-state index in [1.54, 1.807) is 6.20 Å². The van der Waals surface area contributed by atoms with Crippen LogP contribution in [0.2, 0.25) is 5.02 Å². The van der Waals surface area contributed by atoms with Gasteiger partial charge in [-0.1, -0.05) is 54.4 Å². The van der Waals surface area contributed by atoms with Crippen molar-refractivity contribution >= 4 is 45.9 Å². The lowest BCUT2D eigenvalue weighted by atomic mass is 10.2. The zero-order chi connectivity index (χ0) is 22.8. The molecule has 1 N–H and O–H groups in total. The van der Waals surface area contributed by atoms with Gasteiger partial charge in [-0.3, -0.25) is 14.3 Å². The molecule has 0 bridgehead atoms. The predicted octanol–water partition coefficient (Wildman–Crippen LogP) is 6.38. The van der Waals surface area contributed by atoms with E-state index in [0.29, 0.717) is 11.1 Å². The Bertz CT molecular complexity index is 1300. The molecule has 8 heteroatoms. The molecule has 0 aliphatic heterocycles. The van der Waals surface area contributed by atoms with Crippen LogP contribution in [0.4, 0.5) is 5.69 Å². The summed E-state index contributed by atoms with van der Waals surface area (Å²) in [7, 11) is 0. The Morgan fingerprint density at radius 1 is 1.09 bits per heavy atom. The van der Waals surface area contributed by atoms with E-state index in [9.17, 15) is 4.79 Å². The first-order valence-electron chi connectivity index (χ1n) is 11.1. The number of anilines is 1. The van der Waals surface area contributed by atoms with E-state index in [-0.39, 0.29) is 11.2 Å². The molecule has 33 heavy (non-hydrogen) atoms. The molecular weight excluding hydrogens is 454 g/mol. The fourth-order valence-corrected chi connectivity index (χ4v) is 5.47. The maximum absolute atomic E-state index is 13.1. The lowest BCUT2D eigenvalue weighted by Gasteiger charge is -2.19. The van der Waals surface area contributed by atoms with Crippen LogP contribution >= 0.6 is 23.4 Å². The van der Waals surface area contributed by atoms with Crippen molar-refractivity contribution in [1.29, 1.82) is 0 Å². The monoisotopic (exact) mass is 477 g/mol. The quantitative estimate of drug-likeness (QED) is 0.326. The Kier molecular flexibility index (Phi) is 6.33. The first kappa shape index (κ1) is 21.9. The number of hydrogen-bond donors (Lipinski definition) is 1. The molecule has 1 amide bonds. The van der Waals surface area contributed by atoms with Gasteiger partial charge in [0.25, 0.3) is 0 Å². The number of pyridine rings is 1. The molecule has 1 fully saturated rings. The second-order valence-corrected chi connectivity index (χ2v) is 9.93. The first-order valence-corrected chi connectivity index (χ1v) is 12.4. The van der Waals surface area contributed by atoms with Crippen LogP contribution in [0.25, 0.3) is 22.3 Å². The molecule has 1 unspecified atom stereocenters. The highest BCUT2D eigenvalue weighted by molar-refractivity contribution is 8.00. The third-order valence-electron chi connectivity index (χ3n) is 6.02. The molecule has 4 aromatic rings. The van der Waals surface area contributed by atoms with Crippen LogP contribution in [0.15, 0.2) is 66.0 Å². The minimum Gasteiger partial charge on any atom is -0.324 e. The van der Waals surface area contributed by atoms with Gasteiger partial charge in [-0.25, -0.2) is 0 Å². The van der Waals surface area contributed by atoms with Crippen LogP contribution in [0.1, 0.15) is 38.6 Å². The molecule has 2 aromatic heterocycles. The van der Waals surface area contributed by atoms with E-state index < -0.39 is 0 Å². The van der Waals surface area contributed by atoms with Crippen molar-refractivity contribution in [1.82, 2.24) is 19.7 Å². The van der Waals surface area contributed by atoms with Gasteiger partial charge in [-0.15, -0.1) is 10.2 Å². The fraction of sp³-hybridized carbons (Fsp3) is 0.280. The van der Waals surface area contributed by atoms with E-state index in [4.69, 9.17) is 11.6 Å². The summed E-state index contributed by atoms with van der Waals surface area (Å²) in [6.45, 7) is 1.90. The van der Waals surface area contributed by atoms with Gasteiger partial charge < -0.3 is 5.32 Å². The summed E-state index contributed by atoms with van der Waals surface area (Å²) in [4.78, 5) is 17.5. The number of hydrogen-bond acceptors (Lipinski definition) is 5. The maximum atomic E-state index is 13.1. The summed E-state index contributed by atoms with van der Waals surface area (Å²) in [6, 6.07) is 17.6. The zero-order valence-electron chi connectivity index (χ0n) is 18.2. The molecule has 1 saturated carbocycles. The third-order valence-corrected chi connectivity index (χ3v) is 7.41. The molecule has 1 atom stereocenters. The molecule has 2 aromatic carbocycles. The van der Waals surface area contributed by atoms with E-state index >= 15 is 0 Å². The number of aromatic nitrogens is 4. The highest BCUT2D eigenvalue weighted by atomic mass is 35.5. The van der Waals surface area contributed by atoms with E-state index in [2.05, 4.69) is 25.1 Å². The Hall–Kier alpha value is -2.90. The normalized spacial score (nSPS) is 15.1. The maximum Gasteiger partial charge on any atom is 0.237 e.